The number of carbonyl (C=O) groups excluding carboxylic acids is 1. The molecule has 38 heavy (non-hydrogen) atoms. The van der Waals surface area contributed by atoms with Crippen LogP contribution in [0, 0.1) is 17.0 Å². The summed E-state index contributed by atoms with van der Waals surface area (Å²) in [6.07, 6.45) is 0. The highest BCUT2D eigenvalue weighted by Crippen LogP contribution is 2.29. The maximum atomic E-state index is 13.6. The molecular formula is C26H28N4O7S. The van der Waals surface area contributed by atoms with Crippen LogP contribution in [-0.2, 0) is 14.8 Å². The predicted octanol–water partition coefficient (Wildman–Crippen LogP) is 4.05. The minimum absolute atomic E-state index is 0.163. The van der Waals surface area contributed by atoms with Crippen molar-refractivity contribution < 1.29 is 27.6 Å². The Bertz CT molecular complexity index is 1440. The van der Waals surface area contributed by atoms with Crippen molar-refractivity contribution in [1.82, 2.24) is 5.43 Å². The van der Waals surface area contributed by atoms with Crippen LogP contribution in [0.4, 0.5) is 11.4 Å². The summed E-state index contributed by atoms with van der Waals surface area (Å²) < 4.78 is 38.6. The molecule has 0 aliphatic carbocycles. The summed E-state index contributed by atoms with van der Waals surface area (Å²) in [5.74, 6) is 0.471. The summed E-state index contributed by atoms with van der Waals surface area (Å²) in [5.41, 5.74) is 3.74. The number of benzene rings is 3. The van der Waals surface area contributed by atoms with E-state index in [0.717, 1.165) is 15.9 Å². The fourth-order valence-electron chi connectivity index (χ4n) is 3.47. The standard InChI is InChI=1S/C26H28N4O7S/c1-5-37-23-11-7-20(8-12-23)19(3)27-28-26(31)17-29(21-9-13-22(36-4)14-10-21)38(34,35)24-15-6-18(2)25(16-24)30(32)33/h6-16H,5,17H2,1-4H3,(H,28,31)/b27-19-. The fourth-order valence-corrected chi connectivity index (χ4v) is 4.91. The van der Waals surface area contributed by atoms with Crippen molar-refractivity contribution in [2.45, 2.75) is 25.7 Å². The number of hydrogen-bond acceptors (Lipinski definition) is 8. The number of amides is 1. The molecule has 3 rings (SSSR count). The van der Waals surface area contributed by atoms with Gasteiger partial charge in [-0.15, -0.1) is 0 Å². The second-order valence-corrected chi connectivity index (χ2v) is 9.97. The molecule has 0 unspecified atom stereocenters. The SMILES string of the molecule is CCOc1ccc(/C(C)=N\NC(=O)CN(c2ccc(OC)cc2)S(=O)(=O)c2ccc(C)c([N+](=O)[O-])c2)cc1. The second-order valence-electron chi connectivity index (χ2n) is 8.10. The van der Waals surface area contributed by atoms with Crippen molar-refractivity contribution in [2.75, 3.05) is 24.6 Å². The smallest absolute Gasteiger partial charge is 0.273 e. The van der Waals surface area contributed by atoms with Crippen LogP contribution >= 0.6 is 0 Å². The molecule has 1 amide bonds. The molecule has 3 aromatic carbocycles. The van der Waals surface area contributed by atoms with Gasteiger partial charge in [0, 0.05) is 11.6 Å². The number of nitrogens with zero attached hydrogens (tertiary/aromatic N) is 3. The van der Waals surface area contributed by atoms with Crippen LogP contribution in [0.25, 0.3) is 0 Å². The number of nitro groups is 1. The normalized spacial score (nSPS) is 11.5. The number of nitrogens with one attached hydrogen (secondary N) is 1. The first kappa shape index (κ1) is 28.1. The lowest BCUT2D eigenvalue weighted by Crippen LogP contribution is -2.39. The Hall–Kier alpha value is -4.45. The predicted molar refractivity (Wildman–Crippen MR) is 143 cm³/mol. The molecule has 0 fully saturated rings. The van der Waals surface area contributed by atoms with Gasteiger partial charge in [-0.2, -0.15) is 5.10 Å². The summed E-state index contributed by atoms with van der Waals surface area (Å²) >= 11 is 0. The minimum atomic E-state index is -4.38. The highest BCUT2D eigenvalue weighted by molar-refractivity contribution is 7.92. The summed E-state index contributed by atoms with van der Waals surface area (Å²) in [6, 6.07) is 16.7. The third-order valence-electron chi connectivity index (χ3n) is 5.54. The number of hydrazone groups is 1. The van der Waals surface area contributed by atoms with Crippen molar-refractivity contribution in [2.24, 2.45) is 5.10 Å². The molecule has 0 heterocycles. The molecule has 0 saturated heterocycles. The topological polar surface area (TPSA) is 140 Å². The van der Waals surface area contributed by atoms with Crippen molar-refractivity contribution in [3.8, 4) is 11.5 Å². The lowest BCUT2D eigenvalue weighted by molar-refractivity contribution is -0.385. The molecule has 1 N–H and O–H groups in total. The van der Waals surface area contributed by atoms with Crippen LogP contribution < -0.4 is 19.2 Å². The highest BCUT2D eigenvalue weighted by atomic mass is 32.2. The molecule has 0 aromatic heterocycles. The summed E-state index contributed by atoms with van der Waals surface area (Å²) in [4.78, 5) is 23.3. The van der Waals surface area contributed by atoms with Gasteiger partial charge >= 0.3 is 0 Å². The van der Waals surface area contributed by atoms with Crippen LogP contribution in [0.5, 0.6) is 11.5 Å². The van der Waals surface area contributed by atoms with Crippen LogP contribution in [0.2, 0.25) is 0 Å². The van der Waals surface area contributed by atoms with Gasteiger partial charge in [0.25, 0.3) is 21.6 Å². The number of carbonyl (C=O) groups is 1. The number of anilines is 1. The molecule has 0 aliphatic rings. The van der Waals surface area contributed by atoms with Gasteiger partial charge in [-0.3, -0.25) is 19.2 Å². The van der Waals surface area contributed by atoms with Crippen molar-refractivity contribution in [3.63, 3.8) is 0 Å². The molecule has 0 atom stereocenters. The molecule has 0 spiro atoms. The number of hydrogen-bond donors (Lipinski definition) is 1. The number of rotatable bonds is 11. The monoisotopic (exact) mass is 540 g/mol. The second kappa shape index (κ2) is 12.2. The zero-order chi connectivity index (χ0) is 27.9. The third-order valence-corrected chi connectivity index (χ3v) is 7.31. The molecule has 12 heteroatoms. The number of methoxy groups -OCH3 is 1. The van der Waals surface area contributed by atoms with Crippen LogP contribution in [0.1, 0.15) is 25.0 Å². The van der Waals surface area contributed by atoms with E-state index in [1.807, 2.05) is 6.92 Å². The summed E-state index contributed by atoms with van der Waals surface area (Å²) in [6.45, 7) is 4.99. The van der Waals surface area contributed by atoms with Gasteiger partial charge in [0.2, 0.25) is 0 Å². The van der Waals surface area contributed by atoms with E-state index in [0.29, 0.717) is 29.4 Å². The molecule has 0 saturated carbocycles. The average molecular weight is 541 g/mol. The summed E-state index contributed by atoms with van der Waals surface area (Å²) in [5, 5.41) is 15.5. The van der Waals surface area contributed by atoms with Gasteiger partial charge in [-0.1, -0.05) is 6.07 Å². The molecule has 0 aliphatic heterocycles. The van der Waals surface area contributed by atoms with E-state index in [-0.39, 0.29) is 16.3 Å². The largest absolute Gasteiger partial charge is 0.497 e. The van der Waals surface area contributed by atoms with Gasteiger partial charge in [0.15, 0.2) is 0 Å². The number of nitro benzene ring substituents is 1. The van der Waals surface area contributed by atoms with Gasteiger partial charge in [0.1, 0.15) is 18.0 Å². The number of aryl methyl sites for hydroxylation is 1. The minimum Gasteiger partial charge on any atom is -0.497 e. The lowest BCUT2D eigenvalue weighted by Gasteiger charge is -2.24. The Morgan fingerprint density at radius 2 is 1.68 bits per heavy atom. The van der Waals surface area contributed by atoms with E-state index >= 15 is 0 Å². The molecule has 11 nitrogen and oxygen atoms in total. The van der Waals surface area contributed by atoms with Crippen LogP contribution in [0.3, 0.4) is 0 Å². The maximum Gasteiger partial charge on any atom is 0.273 e. The van der Waals surface area contributed by atoms with E-state index in [9.17, 15) is 23.3 Å². The Labute approximate surface area is 220 Å². The molecule has 200 valence electrons. The number of ether oxygens (including phenoxy) is 2. The fraction of sp³-hybridized carbons (Fsp3) is 0.231. The first-order valence-electron chi connectivity index (χ1n) is 11.5. The Balaban J connectivity index is 1.90. The van der Waals surface area contributed by atoms with Crippen LogP contribution in [-0.4, -0.2) is 45.2 Å². The van der Waals surface area contributed by atoms with Gasteiger partial charge < -0.3 is 9.47 Å². The first-order valence-corrected chi connectivity index (χ1v) is 13.0. The van der Waals surface area contributed by atoms with E-state index in [2.05, 4.69) is 10.5 Å². The zero-order valence-corrected chi connectivity index (χ0v) is 22.2. The zero-order valence-electron chi connectivity index (χ0n) is 21.4. The van der Waals surface area contributed by atoms with E-state index in [1.54, 1.807) is 43.3 Å². The van der Waals surface area contributed by atoms with Gasteiger partial charge in [-0.05, 0) is 80.9 Å². The average Bonchev–Trinajstić information content (AvgIpc) is 2.91. The lowest BCUT2D eigenvalue weighted by atomic mass is 10.1. The van der Waals surface area contributed by atoms with Crippen molar-refractivity contribution in [1.29, 1.82) is 0 Å². The first-order chi connectivity index (χ1) is 18.1. The molecule has 3 aromatic rings. The third kappa shape index (κ3) is 6.65. The Morgan fingerprint density at radius 3 is 2.26 bits per heavy atom. The Morgan fingerprint density at radius 1 is 1.05 bits per heavy atom. The van der Waals surface area contributed by atoms with Crippen LogP contribution in [0.15, 0.2) is 76.7 Å². The van der Waals surface area contributed by atoms with E-state index in [1.165, 1.54) is 38.3 Å². The highest BCUT2D eigenvalue weighted by Gasteiger charge is 2.29. The molecule has 0 bridgehead atoms. The summed E-state index contributed by atoms with van der Waals surface area (Å²) in [7, 11) is -2.91. The van der Waals surface area contributed by atoms with Crippen molar-refractivity contribution in [3.05, 3.63) is 88.0 Å². The van der Waals surface area contributed by atoms with Gasteiger partial charge in [-0.25, -0.2) is 13.8 Å². The van der Waals surface area contributed by atoms with E-state index < -0.39 is 27.4 Å². The molecular weight excluding hydrogens is 512 g/mol. The molecule has 0 radical (unpaired) electrons. The van der Waals surface area contributed by atoms with Gasteiger partial charge in [0.05, 0.1) is 34.9 Å². The quantitative estimate of drug-likeness (QED) is 0.220. The van der Waals surface area contributed by atoms with E-state index in [4.69, 9.17) is 9.47 Å². The maximum absolute atomic E-state index is 13.6. The number of sulfonamides is 1. The Kier molecular flexibility index (Phi) is 9.02. The van der Waals surface area contributed by atoms with Crippen molar-refractivity contribution >= 4 is 33.0 Å².